The molecule has 0 unspecified atom stereocenters. The zero-order chi connectivity index (χ0) is 19.7. The quantitative estimate of drug-likeness (QED) is 0.452. The van der Waals surface area contributed by atoms with E-state index < -0.39 is 10.8 Å². The summed E-state index contributed by atoms with van der Waals surface area (Å²) in [5, 5.41) is 12.0. The molecule has 0 radical (unpaired) electrons. The number of hydrogen-bond acceptors (Lipinski definition) is 6. The minimum absolute atomic E-state index is 0.157. The number of ether oxygens (including phenoxy) is 2. The van der Waals surface area contributed by atoms with Gasteiger partial charge in [-0.3, -0.25) is 10.1 Å². The highest BCUT2D eigenvalue weighted by molar-refractivity contribution is 5.66. The van der Waals surface area contributed by atoms with Crippen LogP contribution in [0.3, 0.4) is 0 Å². The topological polar surface area (TPSA) is 87.9 Å². The molecule has 7 nitrogen and oxygen atoms in total. The van der Waals surface area contributed by atoms with Crippen LogP contribution in [0.5, 0.6) is 11.5 Å². The van der Waals surface area contributed by atoms with Gasteiger partial charge in [0.15, 0.2) is 5.75 Å². The first kappa shape index (κ1) is 18.6. The standard InChI is InChI=1S/C20H21NO6/c1-11-10-16(24-4)19(21(22)23)18(20(11)25-5)17(14-8-6-12(2)26-14)15-9-7-13(3)27-15/h6-10,17H,1-5H3. The lowest BCUT2D eigenvalue weighted by Gasteiger charge is -2.19. The highest BCUT2D eigenvalue weighted by Crippen LogP contribution is 2.48. The molecule has 142 valence electrons. The van der Waals surface area contributed by atoms with Crippen molar-refractivity contribution in [2.45, 2.75) is 26.7 Å². The molecule has 0 aliphatic heterocycles. The molecular formula is C20H21NO6. The van der Waals surface area contributed by atoms with E-state index >= 15 is 0 Å². The van der Waals surface area contributed by atoms with Crippen molar-refractivity contribution in [2.75, 3.05) is 14.2 Å². The van der Waals surface area contributed by atoms with Crippen LogP contribution in [0.1, 0.15) is 40.1 Å². The summed E-state index contributed by atoms with van der Waals surface area (Å²) in [6.45, 7) is 5.44. The zero-order valence-electron chi connectivity index (χ0n) is 15.9. The second kappa shape index (κ2) is 7.19. The number of furan rings is 2. The fourth-order valence-corrected chi connectivity index (χ4v) is 3.31. The minimum atomic E-state index is -0.656. The average molecular weight is 371 g/mol. The summed E-state index contributed by atoms with van der Waals surface area (Å²) in [6, 6.07) is 8.79. The van der Waals surface area contributed by atoms with Crippen LogP contribution in [0, 0.1) is 30.9 Å². The van der Waals surface area contributed by atoms with Crippen molar-refractivity contribution in [3.8, 4) is 11.5 Å². The number of nitrogens with zero attached hydrogens (tertiary/aromatic N) is 1. The molecule has 3 rings (SSSR count). The lowest BCUT2D eigenvalue weighted by molar-refractivity contribution is -0.386. The fraction of sp³-hybridized carbons (Fsp3) is 0.300. The van der Waals surface area contributed by atoms with Gasteiger partial charge in [-0.1, -0.05) is 0 Å². The van der Waals surface area contributed by atoms with E-state index in [1.54, 1.807) is 18.2 Å². The van der Waals surface area contributed by atoms with Crippen LogP contribution >= 0.6 is 0 Å². The number of methoxy groups -OCH3 is 2. The third kappa shape index (κ3) is 3.28. The Morgan fingerprint density at radius 2 is 1.52 bits per heavy atom. The Hall–Kier alpha value is -3.22. The summed E-state index contributed by atoms with van der Waals surface area (Å²) >= 11 is 0. The number of rotatable bonds is 6. The Morgan fingerprint density at radius 1 is 0.963 bits per heavy atom. The Balaban J connectivity index is 2.41. The first-order valence-corrected chi connectivity index (χ1v) is 8.39. The molecule has 0 atom stereocenters. The van der Waals surface area contributed by atoms with E-state index in [0.29, 0.717) is 39.9 Å². The summed E-state index contributed by atoms with van der Waals surface area (Å²) in [5.74, 6) is 2.34. The van der Waals surface area contributed by atoms with Crippen LogP contribution in [0.2, 0.25) is 0 Å². The van der Waals surface area contributed by atoms with Gasteiger partial charge in [-0.15, -0.1) is 0 Å². The van der Waals surface area contributed by atoms with Gasteiger partial charge in [-0.25, -0.2) is 0 Å². The third-order valence-electron chi connectivity index (χ3n) is 4.43. The van der Waals surface area contributed by atoms with Gasteiger partial charge in [0.05, 0.1) is 24.7 Å². The van der Waals surface area contributed by atoms with E-state index in [4.69, 9.17) is 18.3 Å². The summed E-state index contributed by atoms with van der Waals surface area (Å²) in [4.78, 5) is 11.5. The van der Waals surface area contributed by atoms with Gasteiger partial charge in [0.2, 0.25) is 0 Å². The molecule has 27 heavy (non-hydrogen) atoms. The lowest BCUT2D eigenvalue weighted by atomic mass is 9.89. The summed E-state index contributed by atoms with van der Waals surface area (Å²) in [5.41, 5.74) is 0.877. The Kier molecular flexibility index (Phi) is 4.94. The van der Waals surface area contributed by atoms with Gasteiger partial charge >= 0.3 is 5.69 Å². The van der Waals surface area contributed by atoms with Gasteiger partial charge in [0.25, 0.3) is 0 Å². The Labute approximate surface area is 156 Å². The first-order valence-electron chi connectivity index (χ1n) is 8.39. The molecule has 0 spiro atoms. The molecule has 2 heterocycles. The molecule has 0 aliphatic rings. The number of aryl methyl sites for hydroxylation is 3. The summed E-state index contributed by atoms with van der Waals surface area (Å²) < 4.78 is 22.5. The van der Waals surface area contributed by atoms with Crippen LogP contribution in [0.4, 0.5) is 5.69 Å². The third-order valence-corrected chi connectivity index (χ3v) is 4.43. The van der Waals surface area contributed by atoms with Gasteiger partial charge in [0, 0.05) is 0 Å². The monoisotopic (exact) mass is 371 g/mol. The van der Waals surface area contributed by atoms with Crippen LogP contribution < -0.4 is 9.47 Å². The predicted molar refractivity (Wildman–Crippen MR) is 98.8 cm³/mol. The summed E-state index contributed by atoms with van der Waals surface area (Å²) in [6.07, 6.45) is 0. The highest BCUT2D eigenvalue weighted by atomic mass is 16.6. The van der Waals surface area contributed by atoms with Gasteiger partial charge in [0.1, 0.15) is 34.7 Å². The lowest BCUT2D eigenvalue weighted by Crippen LogP contribution is -2.10. The van der Waals surface area contributed by atoms with Crippen molar-refractivity contribution in [2.24, 2.45) is 0 Å². The van der Waals surface area contributed by atoms with Crippen molar-refractivity contribution in [3.63, 3.8) is 0 Å². The normalized spacial score (nSPS) is 11.0. The second-order valence-electron chi connectivity index (χ2n) is 6.28. The molecule has 0 saturated carbocycles. The predicted octanol–water partition coefficient (Wildman–Crippen LogP) is 4.90. The van der Waals surface area contributed by atoms with Crippen LogP contribution in [0.15, 0.2) is 39.2 Å². The number of nitro groups is 1. The smallest absolute Gasteiger partial charge is 0.319 e. The SMILES string of the molecule is COc1cc(C)c(OC)c(C(c2ccc(C)o2)c2ccc(C)o2)c1[N+](=O)[O-]. The second-order valence-corrected chi connectivity index (χ2v) is 6.28. The van der Waals surface area contributed by atoms with E-state index in [9.17, 15) is 10.1 Å². The molecule has 3 aromatic rings. The van der Waals surface area contributed by atoms with E-state index in [1.807, 2.05) is 32.9 Å². The Morgan fingerprint density at radius 3 is 1.89 bits per heavy atom. The van der Waals surface area contributed by atoms with E-state index in [1.165, 1.54) is 14.2 Å². The molecule has 0 bridgehead atoms. The Bertz CT molecular complexity index is 944. The van der Waals surface area contributed by atoms with Gasteiger partial charge in [-0.05, 0) is 56.7 Å². The maximum absolute atomic E-state index is 12.0. The molecule has 0 aliphatic carbocycles. The average Bonchev–Trinajstić information content (AvgIpc) is 3.23. The number of hydrogen-bond donors (Lipinski definition) is 0. The molecule has 1 aromatic carbocycles. The fourth-order valence-electron chi connectivity index (χ4n) is 3.31. The molecule has 7 heteroatoms. The van der Waals surface area contributed by atoms with Crippen LogP contribution in [-0.4, -0.2) is 19.1 Å². The molecular weight excluding hydrogens is 350 g/mol. The molecule has 2 aromatic heterocycles. The van der Waals surface area contributed by atoms with Crippen molar-refractivity contribution in [1.82, 2.24) is 0 Å². The van der Waals surface area contributed by atoms with Crippen molar-refractivity contribution < 1.29 is 23.2 Å². The van der Waals surface area contributed by atoms with Crippen LogP contribution in [-0.2, 0) is 0 Å². The van der Waals surface area contributed by atoms with Crippen LogP contribution in [0.25, 0.3) is 0 Å². The van der Waals surface area contributed by atoms with Gasteiger partial charge in [-0.2, -0.15) is 0 Å². The number of nitro benzene ring substituents is 1. The van der Waals surface area contributed by atoms with E-state index in [0.717, 1.165) is 0 Å². The maximum Gasteiger partial charge on any atom is 0.319 e. The van der Waals surface area contributed by atoms with Crippen molar-refractivity contribution in [1.29, 1.82) is 0 Å². The molecule has 0 amide bonds. The summed E-state index contributed by atoms with van der Waals surface area (Å²) in [7, 11) is 2.89. The minimum Gasteiger partial charge on any atom is -0.496 e. The van der Waals surface area contributed by atoms with Crippen molar-refractivity contribution in [3.05, 3.63) is 74.6 Å². The molecule has 0 saturated heterocycles. The largest absolute Gasteiger partial charge is 0.496 e. The highest BCUT2D eigenvalue weighted by Gasteiger charge is 2.37. The molecule has 0 N–H and O–H groups in total. The van der Waals surface area contributed by atoms with E-state index in [2.05, 4.69) is 0 Å². The first-order chi connectivity index (χ1) is 12.9. The molecule has 0 fully saturated rings. The maximum atomic E-state index is 12.0. The number of benzene rings is 1. The van der Waals surface area contributed by atoms with E-state index in [-0.39, 0.29) is 11.4 Å². The zero-order valence-corrected chi connectivity index (χ0v) is 15.9. The van der Waals surface area contributed by atoms with Crippen molar-refractivity contribution >= 4 is 5.69 Å². The van der Waals surface area contributed by atoms with Gasteiger partial charge < -0.3 is 18.3 Å².